The van der Waals surface area contributed by atoms with Crippen LogP contribution in [-0.4, -0.2) is 24.7 Å². The van der Waals surface area contributed by atoms with Gasteiger partial charge in [0.2, 0.25) is 0 Å². The molecule has 0 aliphatic heterocycles. The van der Waals surface area contributed by atoms with E-state index >= 15 is 0 Å². The molecular formula is C25H24NO4-. The Balaban J connectivity index is 1.84. The van der Waals surface area contributed by atoms with Gasteiger partial charge in [-0.1, -0.05) is 31.2 Å². The van der Waals surface area contributed by atoms with E-state index in [-0.39, 0.29) is 5.56 Å². The molecule has 0 N–H and O–H groups in total. The molecule has 4 rings (SSSR count). The summed E-state index contributed by atoms with van der Waals surface area (Å²) in [7, 11) is 1.63. The molecule has 0 atom stereocenters. The van der Waals surface area contributed by atoms with Crippen LogP contribution in [0.15, 0.2) is 42.5 Å². The number of fused-ring (bicyclic) bond motifs is 2. The Labute approximate surface area is 176 Å². The second-order valence-electron chi connectivity index (χ2n) is 7.40. The largest absolute Gasteiger partial charge is 0.545 e. The first-order chi connectivity index (χ1) is 14.6. The number of hydrogen-bond acceptors (Lipinski definition) is 5. The van der Waals surface area contributed by atoms with Crippen LogP contribution in [0.3, 0.4) is 0 Å². The summed E-state index contributed by atoms with van der Waals surface area (Å²) in [5.41, 5.74) is 4.45. The number of methoxy groups -OCH3 is 1. The van der Waals surface area contributed by atoms with Gasteiger partial charge in [-0.15, -0.1) is 0 Å². The Morgan fingerprint density at radius 3 is 2.77 bits per heavy atom. The van der Waals surface area contributed by atoms with Crippen LogP contribution in [0.25, 0.3) is 22.6 Å². The summed E-state index contributed by atoms with van der Waals surface area (Å²) < 4.78 is 11.2. The van der Waals surface area contributed by atoms with Crippen molar-refractivity contribution in [1.29, 1.82) is 0 Å². The molecule has 0 radical (unpaired) electrons. The normalized spacial score (nSPS) is 14.5. The van der Waals surface area contributed by atoms with Crippen molar-refractivity contribution in [3.8, 4) is 11.5 Å². The second kappa shape index (κ2) is 8.57. The monoisotopic (exact) mass is 402 g/mol. The van der Waals surface area contributed by atoms with Crippen molar-refractivity contribution >= 4 is 28.5 Å². The number of carboxylic acids is 1. The summed E-state index contributed by atoms with van der Waals surface area (Å²) in [6, 6.07) is 13.2. The molecule has 2 aromatic carbocycles. The van der Waals surface area contributed by atoms with E-state index in [9.17, 15) is 9.90 Å². The van der Waals surface area contributed by atoms with Crippen LogP contribution in [-0.2, 0) is 6.42 Å². The molecule has 0 spiro atoms. The summed E-state index contributed by atoms with van der Waals surface area (Å²) in [4.78, 5) is 16.8. The number of benzene rings is 2. The average molecular weight is 402 g/mol. The molecule has 3 aromatic rings. The van der Waals surface area contributed by atoms with Crippen LogP contribution in [0, 0.1) is 0 Å². The minimum absolute atomic E-state index is 0.267. The molecule has 0 amide bonds. The van der Waals surface area contributed by atoms with E-state index < -0.39 is 5.97 Å². The summed E-state index contributed by atoms with van der Waals surface area (Å²) >= 11 is 0. The van der Waals surface area contributed by atoms with Crippen molar-refractivity contribution in [2.45, 2.75) is 32.6 Å². The van der Waals surface area contributed by atoms with Crippen molar-refractivity contribution in [3.63, 3.8) is 0 Å². The van der Waals surface area contributed by atoms with Gasteiger partial charge in [-0.25, -0.2) is 4.98 Å². The first-order valence-electron chi connectivity index (χ1n) is 10.3. The molecule has 0 fully saturated rings. The molecule has 0 unspecified atom stereocenters. The fourth-order valence-corrected chi connectivity index (χ4v) is 4.02. The van der Waals surface area contributed by atoms with Gasteiger partial charge in [0.05, 0.1) is 30.9 Å². The molecule has 5 nitrogen and oxygen atoms in total. The molecule has 1 aliphatic carbocycles. The molecule has 0 bridgehead atoms. The second-order valence-corrected chi connectivity index (χ2v) is 7.40. The highest BCUT2D eigenvalue weighted by Crippen LogP contribution is 2.37. The number of pyridine rings is 1. The number of carbonyl (C=O) groups is 1. The van der Waals surface area contributed by atoms with Gasteiger partial charge < -0.3 is 19.4 Å². The van der Waals surface area contributed by atoms with Gasteiger partial charge in [0, 0.05) is 10.9 Å². The molecule has 5 heteroatoms. The van der Waals surface area contributed by atoms with E-state index in [0.717, 1.165) is 41.7 Å². The Morgan fingerprint density at radius 2 is 2.00 bits per heavy atom. The SMILES string of the molecule is CCCOc1cc(/C=C2\CCCc3c2nc2ccccc2c3C(=O)[O-])ccc1OC. The summed E-state index contributed by atoms with van der Waals surface area (Å²) in [6.07, 6.45) is 5.36. The van der Waals surface area contributed by atoms with Gasteiger partial charge in [0.25, 0.3) is 0 Å². The number of nitrogens with zero attached hydrogens (tertiary/aromatic N) is 1. The zero-order chi connectivity index (χ0) is 21.1. The number of aromatic nitrogens is 1. The van der Waals surface area contributed by atoms with Crippen LogP contribution < -0.4 is 14.6 Å². The first kappa shape index (κ1) is 20.0. The molecule has 1 aliphatic rings. The van der Waals surface area contributed by atoms with Crippen LogP contribution in [0.4, 0.5) is 0 Å². The minimum atomic E-state index is -1.15. The quantitative estimate of drug-likeness (QED) is 0.616. The number of aromatic carboxylic acids is 1. The lowest BCUT2D eigenvalue weighted by molar-refractivity contribution is -0.254. The first-order valence-corrected chi connectivity index (χ1v) is 10.3. The van der Waals surface area contributed by atoms with E-state index in [4.69, 9.17) is 14.5 Å². The van der Waals surface area contributed by atoms with E-state index in [1.54, 1.807) is 13.2 Å². The standard InChI is InChI=1S/C25H25NO4/c1-3-13-30-22-15-16(11-12-21(22)29-2)14-17-7-6-9-19-23(25(27)28)18-8-4-5-10-20(18)26-24(17)19/h4-5,8,10-12,14-15H,3,6-7,9,13H2,1-2H3,(H,27,28)/p-1/b17-14+. The van der Waals surface area contributed by atoms with Crippen molar-refractivity contribution < 1.29 is 19.4 Å². The minimum Gasteiger partial charge on any atom is -0.545 e. The van der Waals surface area contributed by atoms with E-state index in [1.165, 1.54) is 0 Å². The van der Waals surface area contributed by atoms with E-state index in [1.807, 2.05) is 36.4 Å². The number of allylic oxidation sites excluding steroid dienone is 1. The van der Waals surface area contributed by atoms with Crippen molar-refractivity contribution in [3.05, 3.63) is 64.8 Å². The number of carbonyl (C=O) groups excluding carboxylic acids is 1. The topological polar surface area (TPSA) is 71.5 Å². The predicted octanol–water partition coefficient (Wildman–Crippen LogP) is 4.27. The van der Waals surface area contributed by atoms with Crippen LogP contribution in [0.1, 0.15) is 53.4 Å². The highest BCUT2D eigenvalue weighted by atomic mass is 16.5. The van der Waals surface area contributed by atoms with Gasteiger partial charge >= 0.3 is 0 Å². The zero-order valence-corrected chi connectivity index (χ0v) is 17.2. The summed E-state index contributed by atoms with van der Waals surface area (Å²) in [5, 5.41) is 12.6. The molecular weight excluding hydrogens is 378 g/mol. The Kier molecular flexibility index (Phi) is 5.70. The number of hydrogen-bond donors (Lipinski definition) is 0. The predicted molar refractivity (Wildman–Crippen MR) is 116 cm³/mol. The van der Waals surface area contributed by atoms with Crippen LogP contribution >= 0.6 is 0 Å². The lowest BCUT2D eigenvalue weighted by Crippen LogP contribution is -2.26. The molecule has 30 heavy (non-hydrogen) atoms. The zero-order valence-electron chi connectivity index (χ0n) is 17.2. The number of para-hydroxylation sites is 1. The maximum absolute atomic E-state index is 12.0. The smallest absolute Gasteiger partial charge is 0.161 e. The molecule has 0 saturated carbocycles. The van der Waals surface area contributed by atoms with Gasteiger partial charge in [0.1, 0.15) is 0 Å². The van der Waals surface area contributed by atoms with Crippen molar-refractivity contribution in [2.75, 3.05) is 13.7 Å². The molecule has 1 aromatic heterocycles. The average Bonchev–Trinajstić information content (AvgIpc) is 2.76. The van der Waals surface area contributed by atoms with Crippen LogP contribution in [0.5, 0.6) is 11.5 Å². The maximum atomic E-state index is 12.0. The lowest BCUT2D eigenvalue weighted by Gasteiger charge is -2.23. The van der Waals surface area contributed by atoms with Crippen molar-refractivity contribution in [1.82, 2.24) is 4.98 Å². The number of ether oxygens (including phenoxy) is 2. The van der Waals surface area contributed by atoms with Gasteiger partial charge in [-0.05, 0) is 66.7 Å². The fourth-order valence-electron chi connectivity index (χ4n) is 4.02. The van der Waals surface area contributed by atoms with E-state index in [0.29, 0.717) is 35.4 Å². The summed E-state index contributed by atoms with van der Waals surface area (Å²) in [6.45, 7) is 2.67. The third-order valence-electron chi connectivity index (χ3n) is 5.36. The lowest BCUT2D eigenvalue weighted by atomic mass is 9.86. The highest BCUT2D eigenvalue weighted by molar-refractivity contribution is 6.05. The summed E-state index contributed by atoms with van der Waals surface area (Å²) in [5.74, 6) is 0.246. The molecule has 0 saturated heterocycles. The Bertz CT molecular complexity index is 1130. The van der Waals surface area contributed by atoms with Crippen molar-refractivity contribution in [2.24, 2.45) is 0 Å². The Morgan fingerprint density at radius 1 is 1.17 bits per heavy atom. The van der Waals surface area contributed by atoms with E-state index in [2.05, 4.69) is 13.0 Å². The van der Waals surface area contributed by atoms with Crippen LogP contribution in [0.2, 0.25) is 0 Å². The van der Waals surface area contributed by atoms with Gasteiger partial charge in [-0.3, -0.25) is 0 Å². The molecule has 154 valence electrons. The Hall–Kier alpha value is -3.34. The number of carboxylic acid groups (broad SMARTS) is 1. The third kappa shape index (κ3) is 3.75. The highest BCUT2D eigenvalue weighted by Gasteiger charge is 2.22. The van der Waals surface area contributed by atoms with Gasteiger partial charge in [0.15, 0.2) is 11.5 Å². The number of rotatable bonds is 6. The van der Waals surface area contributed by atoms with Gasteiger partial charge in [-0.2, -0.15) is 0 Å². The fraction of sp³-hybridized carbons (Fsp3) is 0.280. The molecule has 1 heterocycles. The third-order valence-corrected chi connectivity index (χ3v) is 5.36. The maximum Gasteiger partial charge on any atom is 0.161 e.